The van der Waals surface area contributed by atoms with Gasteiger partial charge in [-0.25, -0.2) is 0 Å². The number of aromatic hydroxyl groups is 1. The predicted molar refractivity (Wildman–Crippen MR) is 116 cm³/mol. The van der Waals surface area contributed by atoms with E-state index in [4.69, 9.17) is 0 Å². The lowest BCUT2D eigenvalue weighted by molar-refractivity contribution is 0.223. The summed E-state index contributed by atoms with van der Waals surface area (Å²) in [6.07, 6.45) is 3.28. The van der Waals surface area contributed by atoms with Crippen molar-refractivity contribution in [3.8, 4) is 5.75 Å². The van der Waals surface area contributed by atoms with Gasteiger partial charge in [0.05, 0.1) is 0 Å². The third-order valence-electron chi connectivity index (χ3n) is 4.87. The van der Waals surface area contributed by atoms with E-state index in [2.05, 4.69) is 34.0 Å². The molecule has 0 saturated carbocycles. The first kappa shape index (κ1) is 22.0. The van der Waals surface area contributed by atoms with Gasteiger partial charge in [-0.2, -0.15) is 0 Å². The lowest BCUT2D eigenvalue weighted by Crippen LogP contribution is -2.43. The van der Waals surface area contributed by atoms with Crippen molar-refractivity contribution in [3.63, 3.8) is 0 Å². The number of likely N-dealkylation sites (N-methyl/N-ethyl adjacent to an activating group) is 1. The minimum Gasteiger partial charge on any atom is -0.508 e. The SMILES string of the molecule is CCN(CC)C1CCN(C(=NC)NCCCc2ccc(O)cc2)C1.I. The molecule has 0 aliphatic carbocycles. The second kappa shape index (κ2) is 11.6. The number of hydrogen-bond donors (Lipinski definition) is 2. The van der Waals surface area contributed by atoms with Crippen LogP contribution >= 0.6 is 24.0 Å². The number of phenols is 1. The second-order valence-electron chi connectivity index (χ2n) is 6.35. The van der Waals surface area contributed by atoms with Crippen molar-refractivity contribution in [2.75, 3.05) is 39.8 Å². The molecule has 1 aliphatic rings. The molecule has 1 aromatic rings. The molecule has 0 bridgehead atoms. The van der Waals surface area contributed by atoms with Gasteiger partial charge in [-0.1, -0.05) is 26.0 Å². The second-order valence-corrected chi connectivity index (χ2v) is 6.35. The Bertz CT molecular complexity index is 517. The summed E-state index contributed by atoms with van der Waals surface area (Å²) in [5.74, 6) is 1.35. The van der Waals surface area contributed by atoms with Crippen molar-refractivity contribution in [2.45, 2.75) is 39.2 Å². The van der Waals surface area contributed by atoms with Crippen molar-refractivity contribution in [1.29, 1.82) is 0 Å². The van der Waals surface area contributed by atoms with Gasteiger partial charge in [0.2, 0.25) is 0 Å². The van der Waals surface area contributed by atoms with Crippen LogP contribution in [0, 0.1) is 0 Å². The van der Waals surface area contributed by atoms with Gasteiger partial charge in [-0.05, 0) is 50.0 Å². The molecule has 0 radical (unpaired) electrons. The van der Waals surface area contributed by atoms with E-state index < -0.39 is 0 Å². The van der Waals surface area contributed by atoms with Crippen molar-refractivity contribution >= 4 is 29.9 Å². The molecule has 1 heterocycles. The molecule has 6 heteroatoms. The molecule has 1 aliphatic heterocycles. The number of rotatable bonds is 7. The van der Waals surface area contributed by atoms with Gasteiger partial charge in [0.25, 0.3) is 0 Å². The van der Waals surface area contributed by atoms with E-state index in [1.54, 1.807) is 12.1 Å². The highest BCUT2D eigenvalue weighted by atomic mass is 127. The van der Waals surface area contributed by atoms with Crippen LogP contribution in [0.4, 0.5) is 0 Å². The fourth-order valence-electron chi connectivity index (χ4n) is 3.46. The zero-order valence-electron chi connectivity index (χ0n) is 15.7. The van der Waals surface area contributed by atoms with Gasteiger partial charge < -0.3 is 15.3 Å². The number of hydrogen-bond acceptors (Lipinski definition) is 3. The van der Waals surface area contributed by atoms with Crippen molar-refractivity contribution in [3.05, 3.63) is 29.8 Å². The van der Waals surface area contributed by atoms with E-state index in [0.717, 1.165) is 51.5 Å². The maximum Gasteiger partial charge on any atom is 0.193 e. The molecule has 2 rings (SSSR count). The van der Waals surface area contributed by atoms with Crippen LogP contribution in [0.2, 0.25) is 0 Å². The number of aliphatic imine (C=N–C) groups is 1. The van der Waals surface area contributed by atoms with Gasteiger partial charge in [-0.3, -0.25) is 9.89 Å². The van der Waals surface area contributed by atoms with E-state index in [1.165, 1.54) is 12.0 Å². The Morgan fingerprint density at radius 2 is 1.96 bits per heavy atom. The molecule has 0 amide bonds. The molecule has 1 fully saturated rings. The standard InChI is InChI=1S/C19H32N4O.HI/c1-4-22(5-2)17-12-14-23(15-17)19(20-3)21-13-6-7-16-8-10-18(24)11-9-16;/h8-11,17,24H,4-7,12-15H2,1-3H3,(H,20,21);1H. The number of aryl methyl sites for hydroxylation is 1. The van der Waals surface area contributed by atoms with E-state index in [1.807, 2.05) is 19.2 Å². The summed E-state index contributed by atoms with van der Waals surface area (Å²) in [5.41, 5.74) is 1.26. The van der Waals surface area contributed by atoms with Crippen molar-refractivity contribution in [2.24, 2.45) is 4.99 Å². The number of guanidine groups is 1. The summed E-state index contributed by atoms with van der Waals surface area (Å²) in [7, 11) is 1.87. The maximum absolute atomic E-state index is 9.31. The molecule has 25 heavy (non-hydrogen) atoms. The van der Waals surface area contributed by atoms with Crippen LogP contribution in [0.5, 0.6) is 5.75 Å². The summed E-state index contributed by atoms with van der Waals surface area (Å²) >= 11 is 0. The van der Waals surface area contributed by atoms with Gasteiger partial charge in [0, 0.05) is 32.7 Å². The Morgan fingerprint density at radius 3 is 2.56 bits per heavy atom. The Kier molecular flexibility index (Phi) is 10.2. The highest BCUT2D eigenvalue weighted by molar-refractivity contribution is 14.0. The average molecular weight is 460 g/mol. The normalized spacial score (nSPS) is 17.7. The number of halogens is 1. The zero-order chi connectivity index (χ0) is 17.4. The van der Waals surface area contributed by atoms with E-state index >= 15 is 0 Å². The smallest absolute Gasteiger partial charge is 0.193 e. The van der Waals surface area contributed by atoms with Gasteiger partial charge >= 0.3 is 0 Å². The molecule has 0 spiro atoms. The van der Waals surface area contributed by atoms with Crippen LogP contribution in [0.15, 0.2) is 29.3 Å². The minimum atomic E-state index is 0. The molecule has 5 nitrogen and oxygen atoms in total. The predicted octanol–water partition coefficient (Wildman–Crippen LogP) is 2.93. The summed E-state index contributed by atoms with van der Waals surface area (Å²) in [4.78, 5) is 9.37. The first-order valence-corrected chi connectivity index (χ1v) is 9.15. The fraction of sp³-hybridized carbons (Fsp3) is 0.632. The topological polar surface area (TPSA) is 51.1 Å². The van der Waals surface area contributed by atoms with Crippen LogP contribution in [-0.2, 0) is 6.42 Å². The number of nitrogens with zero attached hydrogens (tertiary/aromatic N) is 3. The molecular formula is C19H33IN4O. The molecule has 1 aromatic carbocycles. The molecule has 1 atom stereocenters. The largest absolute Gasteiger partial charge is 0.508 e. The quantitative estimate of drug-likeness (QED) is 0.285. The van der Waals surface area contributed by atoms with Crippen molar-refractivity contribution < 1.29 is 5.11 Å². The Labute approximate surface area is 169 Å². The third-order valence-corrected chi connectivity index (χ3v) is 4.87. The Hall–Kier alpha value is -1.02. The van der Waals surface area contributed by atoms with Crippen LogP contribution in [0.25, 0.3) is 0 Å². The highest BCUT2D eigenvalue weighted by Crippen LogP contribution is 2.15. The number of phenolic OH excluding ortho intramolecular Hbond substituents is 1. The number of likely N-dealkylation sites (tertiary alicyclic amines) is 1. The van der Waals surface area contributed by atoms with Gasteiger partial charge in [0.15, 0.2) is 5.96 Å². The molecule has 0 aromatic heterocycles. The summed E-state index contributed by atoms with van der Waals surface area (Å²) < 4.78 is 0. The number of benzene rings is 1. The van der Waals surface area contributed by atoms with Crippen LogP contribution in [-0.4, -0.2) is 66.7 Å². The third kappa shape index (κ3) is 6.66. The van der Waals surface area contributed by atoms with Gasteiger partial charge in [-0.15, -0.1) is 24.0 Å². The van der Waals surface area contributed by atoms with E-state index in [-0.39, 0.29) is 24.0 Å². The molecule has 142 valence electrons. The van der Waals surface area contributed by atoms with Crippen molar-refractivity contribution in [1.82, 2.24) is 15.1 Å². The van der Waals surface area contributed by atoms with Crippen LogP contribution in [0.1, 0.15) is 32.3 Å². The van der Waals surface area contributed by atoms with E-state index in [0.29, 0.717) is 11.8 Å². The fourth-order valence-corrected chi connectivity index (χ4v) is 3.46. The van der Waals surface area contributed by atoms with E-state index in [9.17, 15) is 5.11 Å². The first-order valence-electron chi connectivity index (χ1n) is 9.15. The Balaban J connectivity index is 0.00000312. The highest BCUT2D eigenvalue weighted by Gasteiger charge is 2.27. The summed E-state index contributed by atoms with van der Waals surface area (Å²) in [6.45, 7) is 9.78. The molecular weight excluding hydrogens is 427 g/mol. The lowest BCUT2D eigenvalue weighted by Gasteiger charge is -2.27. The zero-order valence-corrected chi connectivity index (χ0v) is 18.1. The monoisotopic (exact) mass is 460 g/mol. The first-order chi connectivity index (χ1) is 11.7. The molecule has 2 N–H and O–H groups in total. The van der Waals surface area contributed by atoms with Gasteiger partial charge in [0.1, 0.15) is 5.75 Å². The molecule has 1 unspecified atom stereocenters. The summed E-state index contributed by atoms with van der Waals surface area (Å²) in [6, 6.07) is 8.12. The number of nitrogens with one attached hydrogen (secondary N) is 1. The minimum absolute atomic E-state index is 0. The molecule has 1 saturated heterocycles. The average Bonchev–Trinajstić information content (AvgIpc) is 3.07. The lowest BCUT2D eigenvalue weighted by atomic mass is 10.1. The maximum atomic E-state index is 9.31. The van der Waals surface area contributed by atoms with Crippen LogP contribution < -0.4 is 5.32 Å². The van der Waals surface area contributed by atoms with Crippen LogP contribution in [0.3, 0.4) is 0 Å². The summed E-state index contributed by atoms with van der Waals surface area (Å²) in [5, 5.41) is 12.8. The Morgan fingerprint density at radius 1 is 1.28 bits per heavy atom.